The van der Waals surface area contributed by atoms with Gasteiger partial charge >= 0.3 is 0 Å². The van der Waals surface area contributed by atoms with Gasteiger partial charge in [-0.1, -0.05) is 12.1 Å². The summed E-state index contributed by atoms with van der Waals surface area (Å²) in [4.78, 5) is 11.2. The average molecular weight is 217 g/mol. The quantitative estimate of drug-likeness (QED) is 0.837. The van der Waals surface area contributed by atoms with Crippen molar-refractivity contribution in [2.75, 3.05) is 7.11 Å². The summed E-state index contributed by atoms with van der Waals surface area (Å²) in [6, 6.07) is 8.16. The van der Waals surface area contributed by atoms with Gasteiger partial charge in [-0.2, -0.15) is 0 Å². The van der Waals surface area contributed by atoms with Crippen LogP contribution in [0.1, 0.15) is 12.0 Å². The Morgan fingerprint density at radius 2 is 2.12 bits per heavy atom. The molecule has 1 N–H and O–H groups in total. The maximum Gasteiger partial charge on any atom is 0.159 e. The highest BCUT2D eigenvalue weighted by Gasteiger charge is 2.14. The number of carbonyl (C=O) groups is 1. The lowest BCUT2D eigenvalue weighted by Gasteiger charge is -2.19. The van der Waals surface area contributed by atoms with Gasteiger partial charge in [0, 0.05) is 18.7 Å². The third-order valence-corrected chi connectivity index (χ3v) is 2.69. The molecule has 3 heteroatoms. The molecule has 1 aliphatic heterocycles. The molecule has 1 heterocycles. The van der Waals surface area contributed by atoms with Crippen molar-refractivity contribution in [2.24, 2.45) is 0 Å². The molecule has 0 fully saturated rings. The number of carbonyl (C=O) groups excluding carboxylic acids is 1. The van der Waals surface area contributed by atoms with Crippen molar-refractivity contribution in [2.45, 2.75) is 18.9 Å². The first-order chi connectivity index (χ1) is 7.78. The zero-order valence-electron chi connectivity index (χ0n) is 9.27. The van der Waals surface area contributed by atoms with E-state index < -0.39 is 0 Å². The molecule has 0 unspecified atom stereocenters. The second-order valence-electron chi connectivity index (χ2n) is 3.92. The number of methoxy groups -OCH3 is 1. The molecule has 1 aromatic carbocycles. The van der Waals surface area contributed by atoms with Crippen molar-refractivity contribution in [1.29, 1.82) is 0 Å². The van der Waals surface area contributed by atoms with Crippen molar-refractivity contribution < 1.29 is 9.53 Å². The molecule has 1 aromatic rings. The minimum atomic E-state index is 0.192. The molecule has 0 aromatic heterocycles. The summed E-state index contributed by atoms with van der Waals surface area (Å²) < 4.78 is 5.10. The van der Waals surface area contributed by atoms with Crippen LogP contribution in [0.5, 0.6) is 5.75 Å². The molecule has 3 nitrogen and oxygen atoms in total. The minimum Gasteiger partial charge on any atom is -0.497 e. The van der Waals surface area contributed by atoms with Crippen LogP contribution in [0.4, 0.5) is 0 Å². The summed E-state index contributed by atoms with van der Waals surface area (Å²) >= 11 is 0. The lowest BCUT2D eigenvalue weighted by molar-refractivity contribution is -0.115. The molecule has 1 atom stereocenters. The highest BCUT2D eigenvalue weighted by molar-refractivity contribution is 5.90. The van der Waals surface area contributed by atoms with Crippen LogP contribution >= 0.6 is 0 Å². The second-order valence-corrected chi connectivity index (χ2v) is 3.92. The maximum absolute atomic E-state index is 11.2. The lowest BCUT2D eigenvalue weighted by atomic mass is 9.99. The molecule has 0 radical (unpaired) electrons. The largest absolute Gasteiger partial charge is 0.497 e. The summed E-state index contributed by atoms with van der Waals surface area (Å²) in [5, 5.41) is 3.19. The van der Waals surface area contributed by atoms with E-state index in [1.165, 1.54) is 5.56 Å². The van der Waals surface area contributed by atoms with Gasteiger partial charge in [0.2, 0.25) is 0 Å². The van der Waals surface area contributed by atoms with E-state index in [-0.39, 0.29) is 11.8 Å². The van der Waals surface area contributed by atoms with Gasteiger partial charge in [-0.3, -0.25) is 4.79 Å². The molecule has 16 heavy (non-hydrogen) atoms. The van der Waals surface area contributed by atoms with Gasteiger partial charge in [0.05, 0.1) is 7.11 Å². The van der Waals surface area contributed by atoms with Crippen LogP contribution in [0.25, 0.3) is 0 Å². The summed E-state index contributed by atoms with van der Waals surface area (Å²) in [5.74, 6) is 1.05. The fourth-order valence-corrected chi connectivity index (χ4v) is 1.82. The summed E-state index contributed by atoms with van der Waals surface area (Å²) in [6.07, 6.45) is 4.76. The lowest BCUT2D eigenvalue weighted by Crippen LogP contribution is -2.32. The van der Waals surface area contributed by atoms with E-state index in [1.807, 2.05) is 24.3 Å². The van der Waals surface area contributed by atoms with Gasteiger partial charge in [-0.15, -0.1) is 0 Å². The summed E-state index contributed by atoms with van der Waals surface area (Å²) in [6.45, 7) is 0. The first kappa shape index (κ1) is 10.7. The molecular formula is C13H15NO2. The number of benzene rings is 1. The van der Waals surface area contributed by atoms with Crippen molar-refractivity contribution >= 4 is 5.78 Å². The van der Waals surface area contributed by atoms with Crippen molar-refractivity contribution in [3.8, 4) is 5.75 Å². The standard InChI is InChI=1S/C13H15NO2/c1-16-13-4-2-10(3-5-13)8-11-9-12(15)6-7-14-11/h2-7,11,14H,8-9H2,1H3/t11-/m0/s1. The molecule has 2 rings (SSSR count). The van der Waals surface area contributed by atoms with E-state index in [2.05, 4.69) is 5.32 Å². The van der Waals surface area contributed by atoms with Gasteiger partial charge in [0.1, 0.15) is 5.75 Å². The van der Waals surface area contributed by atoms with Gasteiger partial charge in [-0.05, 0) is 30.2 Å². The highest BCUT2D eigenvalue weighted by atomic mass is 16.5. The molecule has 0 spiro atoms. The molecule has 84 valence electrons. The van der Waals surface area contributed by atoms with Crippen LogP contribution in [0.2, 0.25) is 0 Å². The molecule has 0 amide bonds. The van der Waals surface area contributed by atoms with Crippen LogP contribution in [-0.4, -0.2) is 18.9 Å². The maximum atomic E-state index is 11.2. The second kappa shape index (κ2) is 4.84. The predicted molar refractivity (Wildman–Crippen MR) is 62.4 cm³/mol. The van der Waals surface area contributed by atoms with Gasteiger partial charge < -0.3 is 10.1 Å². The first-order valence-corrected chi connectivity index (χ1v) is 5.36. The van der Waals surface area contributed by atoms with Gasteiger partial charge in [0.25, 0.3) is 0 Å². The van der Waals surface area contributed by atoms with E-state index in [4.69, 9.17) is 4.74 Å². The number of hydrogen-bond donors (Lipinski definition) is 1. The van der Waals surface area contributed by atoms with E-state index in [0.29, 0.717) is 6.42 Å². The predicted octanol–water partition coefficient (Wildman–Crippen LogP) is 1.68. The van der Waals surface area contributed by atoms with Crippen molar-refractivity contribution in [3.63, 3.8) is 0 Å². The zero-order valence-corrected chi connectivity index (χ0v) is 9.27. The van der Waals surface area contributed by atoms with Gasteiger partial charge in [-0.25, -0.2) is 0 Å². The SMILES string of the molecule is COc1ccc(C[C@H]2CC(=O)C=CN2)cc1. The first-order valence-electron chi connectivity index (χ1n) is 5.36. The fraction of sp³-hybridized carbons (Fsp3) is 0.308. The van der Waals surface area contributed by atoms with Crippen LogP contribution in [0.15, 0.2) is 36.5 Å². The Hall–Kier alpha value is -1.77. The van der Waals surface area contributed by atoms with Crippen molar-refractivity contribution in [3.05, 3.63) is 42.1 Å². The number of rotatable bonds is 3. The van der Waals surface area contributed by atoms with Crippen LogP contribution < -0.4 is 10.1 Å². The number of allylic oxidation sites excluding steroid dienone is 1. The van der Waals surface area contributed by atoms with Crippen LogP contribution in [-0.2, 0) is 11.2 Å². The average Bonchev–Trinajstić information content (AvgIpc) is 2.30. The van der Waals surface area contributed by atoms with Crippen LogP contribution in [0.3, 0.4) is 0 Å². The highest BCUT2D eigenvalue weighted by Crippen LogP contribution is 2.14. The van der Waals surface area contributed by atoms with E-state index >= 15 is 0 Å². The van der Waals surface area contributed by atoms with Gasteiger partial charge in [0.15, 0.2) is 5.78 Å². The zero-order chi connectivity index (χ0) is 11.4. The molecule has 0 aliphatic carbocycles. The summed E-state index contributed by atoms with van der Waals surface area (Å²) in [7, 11) is 1.65. The molecule has 0 saturated heterocycles. The van der Waals surface area contributed by atoms with Crippen LogP contribution in [0, 0.1) is 0 Å². The Morgan fingerprint density at radius 1 is 1.38 bits per heavy atom. The third kappa shape index (κ3) is 2.63. The third-order valence-electron chi connectivity index (χ3n) is 2.69. The fourth-order valence-electron chi connectivity index (χ4n) is 1.82. The topological polar surface area (TPSA) is 38.3 Å². The van der Waals surface area contributed by atoms with E-state index in [1.54, 1.807) is 19.4 Å². The number of hydrogen-bond acceptors (Lipinski definition) is 3. The monoisotopic (exact) mass is 217 g/mol. The minimum absolute atomic E-state index is 0.192. The Kier molecular flexibility index (Phi) is 3.25. The van der Waals surface area contributed by atoms with E-state index in [0.717, 1.165) is 12.2 Å². The Morgan fingerprint density at radius 3 is 2.75 bits per heavy atom. The summed E-state index contributed by atoms with van der Waals surface area (Å²) in [5.41, 5.74) is 1.21. The molecule has 1 aliphatic rings. The smallest absolute Gasteiger partial charge is 0.159 e. The van der Waals surface area contributed by atoms with Crippen molar-refractivity contribution in [1.82, 2.24) is 5.32 Å². The van der Waals surface area contributed by atoms with E-state index in [9.17, 15) is 4.79 Å². The molecule has 0 saturated carbocycles. The molecular weight excluding hydrogens is 202 g/mol. The normalized spacial score (nSPS) is 19.3. The number of nitrogens with one attached hydrogen (secondary N) is 1. The number of ether oxygens (including phenoxy) is 1. The Bertz CT molecular complexity index is 395. The number of ketones is 1. The Labute approximate surface area is 95.1 Å². The molecule has 0 bridgehead atoms. The Balaban J connectivity index is 1.98.